The zero-order valence-electron chi connectivity index (χ0n) is 17.0. The number of fused-ring (bicyclic) bond motifs is 1. The lowest BCUT2D eigenvalue weighted by molar-refractivity contribution is -0.117. The predicted octanol–water partition coefficient (Wildman–Crippen LogP) is 1.52. The van der Waals surface area contributed by atoms with Gasteiger partial charge in [0, 0.05) is 51.6 Å². The summed E-state index contributed by atoms with van der Waals surface area (Å²) in [6.07, 6.45) is 5.95. The Morgan fingerprint density at radius 1 is 1.21 bits per heavy atom. The first-order chi connectivity index (χ1) is 14.2. The number of para-hydroxylation sites is 1. The first-order valence-corrected chi connectivity index (χ1v) is 10.5. The molecule has 1 aromatic carbocycles. The molecule has 1 aromatic heterocycles. The van der Waals surface area contributed by atoms with E-state index in [9.17, 15) is 4.79 Å². The average molecular weight is 396 g/mol. The molecule has 3 heterocycles. The van der Waals surface area contributed by atoms with E-state index in [1.165, 1.54) is 19.3 Å². The number of carbonyl (C=O) groups is 1. The number of amides is 1. The molecule has 0 spiro atoms. The highest BCUT2D eigenvalue weighted by atomic mass is 16.2. The third-order valence-electron chi connectivity index (χ3n) is 5.58. The van der Waals surface area contributed by atoms with Crippen LogP contribution in [0.25, 0.3) is 0 Å². The van der Waals surface area contributed by atoms with Gasteiger partial charge in [-0.05, 0) is 25.0 Å². The van der Waals surface area contributed by atoms with Crippen LogP contribution < -0.4 is 15.5 Å². The SMILES string of the molecule is CN=C(NCCc1nnc2n1CCCCC2)NC1CC(=O)N(c2ccccc2)C1. The van der Waals surface area contributed by atoms with Crippen LogP contribution >= 0.6 is 0 Å². The molecule has 4 rings (SSSR count). The van der Waals surface area contributed by atoms with Gasteiger partial charge in [0.2, 0.25) is 5.91 Å². The third kappa shape index (κ3) is 4.58. The molecule has 2 aromatic rings. The summed E-state index contributed by atoms with van der Waals surface area (Å²) in [7, 11) is 1.75. The number of aromatic nitrogens is 3. The second-order valence-electron chi connectivity index (χ2n) is 7.63. The molecular formula is C21H29N7O. The van der Waals surface area contributed by atoms with Crippen LogP contribution in [0.5, 0.6) is 0 Å². The summed E-state index contributed by atoms with van der Waals surface area (Å²) in [5.41, 5.74) is 0.942. The van der Waals surface area contributed by atoms with Crippen molar-refractivity contribution in [3.8, 4) is 0 Å². The molecule has 2 N–H and O–H groups in total. The highest BCUT2D eigenvalue weighted by molar-refractivity contribution is 5.97. The fourth-order valence-corrected chi connectivity index (χ4v) is 4.07. The Balaban J connectivity index is 1.28. The normalized spacial score (nSPS) is 19.8. The van der Waals surface area contributed by atoms with Gasteiger partial charge in [0.05, 0.1) is 6.04 Å². The minimum absolute atomic E-state index is 0.0401. The van der Waals surface area contributed by atoms with Crippen molar-refractivity contribution in [1.29, 1.82) is 0 Å². The summed E-state index contributed by atoms with van der Waals surface area (Å²) in [6, 6.07) is 9.84. The minimum atomic E-state index is 0.0401. The number of carbonyl (C=O) groups excluding carboxylic acids is 1. The maximum absolute atomic E-state index is 12.4. The van der Waals surface area contributed by atoms with E-state index in [1.54, 1.807) is 7.05 Å². The molecule has 1 saturated heterocycles. The topological polar surface area (TPSA) is 87.4 Å². The number of nitrogens with zero attached hydrogens (tertiary/aromatic N) is 5. The maximum Gasteiger partial charge on any atom is 0.229 e. The molecule has 0 aliphatic carbocycles. The molecular weight excluding hydrogens is 366 g/mol. The lowest BCUT2D eigenvalue weighted by atomic mass is 10.2. The van der Waals surface area contributed by atoms with E-state index in [-0.39, 0.29) is 11.9 Å². The van der Waals surface area contributed by atoms with Crippen LogP contribution in [0.4, 0.5) is 5.69 Å². The van der Waals surface area contributed by atoms with Crippen LogP contribution in [-0.4, -0.2) is 52.8 Å². The van der Waals surface area contributed by atoms with Crippen molar-refractivity contribution in [3.05, 3.63) is 42.0 Å². The van der Waals surface area contributed by atoms with Gasteiger partial charge in [0.15, 0.2) is 5.96 Å². The number of nitrogens with one attached hydrogen (secondary N) is 2. The average Bonchev–Trinajstić information content (AvgIpc) is 3.21. The summed E-state index contributed by atoms with van der Waals surface area (Å²) in [5, 5.41) is 15.5. The van der Waals surface area contributed by atoms with Crippen LogP contribution in [0.2, 0.25) is 0 Å². The van der Waals surface area contributed by atoms with Gasteiger partial charge in [0.1, 0.15) is 11.6 Å². The molecule has 1 unspecified atom stereocenters. The minimum Gasteiger partial charge on any atom is -0.356 e. The van der Waals surface area contributed by atoms with E-state index in [1.807, 2.05) is 35.2 Å². The molecule has 0 saturated carbocycles. The van der Waals surface area contributed by atoms with Crippen LogP contribution in [0, 0.1) is 0 Å². The number of benzene rings is 1. The van der Waals surface area contributed by atoms with Gasteiger partial charge in [-0.25, -0.2) is 0 Å². The fraction of sp³-hybridized carbons (Fsp3) is 0.524. The van der Waals surface area contributed by atoms with Gasteiger partial charge in [-0.3, -0.25) is 9.79 Å². The van der Waals surface area contributed by atoms with Gasteiger partial charge < -0.3 is 20.1 Å². The van der Waals surface area contributed by atoms with Gasteiger partial charge in [-0.15, -0.1) is 10.2 Å². The summed E-state index contributed by atoms with van der Waals surface area (Å²) >= 11 is 0. The summed E-state index contributed by atoms with van der Waals surface area (Å²) in [6.45, 7) is 2.38. The van der Waals surface area contributed by atoms with Crippen molar-refractivity contribution in [2.24, 2.45) is 4.99 Å². The van der Waals surface area contributed by atoms with Gasteiger partial charge >= 0.3 is 0 Å². The van der Waals surface area contributed by atoms with E-state index < -0.39 is 0 Å². The quantitative estimate of drug-likeness (QED) is 0.592. The Labute approximate surface area is 171 Å². The third-order valence-corrected chi connectivity index (χ3v) is 5.58. The molecule has 1 amide bonds. The van der Waals surface area contributed by atoms with Crippen LogP contribution in [0.3, 0.4) is 0 Å². The Morgan fingerprint density at radius 2 is 2.07 bits per heavy atom. The van der Waals surface area contributed by atoms with Crippen molar-refractivity contribution < 1.29 is 4.79 Å². The van der Waals surface area contributed by atoms with Crippen LogP contribution in [0.1, 0.15) is 37.3 Å². The molecule has 2 aliphatic rings. The summed E-state index contributed by atoms with van der Waals surface area (Å²) in [4.78, 5) is 18.5. The molecule has 0 bridgehead atoms. The van der Waals surface area contributed by atoms with Gasteiger partial charge in [-0.1, -0.05) is 24.6 Å². The maximum atomic E-state index is 12.4. The Bertz CT molecular complexity index is 861. The number of aryl methyl sites for hydroxylation is 1. The van der Waals surface area contributed by atoms with Crippen LogP contribution in [0.15, 0.2) is 35.3 Å². The van der Waals surface area contributed by atoms with E-state index in [0.29, 0.717) is 18.9 Å². The lowest BCUT2D eigenvalue weighted by Gasteiger charge is -2.19. The van der Waals surface area contributed by atoms with E-state index in [0.717, 1.165) is 43.3 Å². The lowest BCUT2D eigenvalue weighted by Crippen LogP contribution is -2.45. The van der Waals surface area contributed by atoms with Crippen molar-refractivity contribution in [3.63, 3.8) is 0 Å². The number of anilines is 1. The highest BCUT2D eigenvalue weighted by Gasteiger charge is 2.31. The smallest absolute Gasteiger partial charge is 0.229 e. The number of hydrogen-bond donors (Lipinski definition) is 2. The molecule has 29 heavy (non-hydrogen) atoms. The van der Waals surface area contributed by atoms with Crippen molar-refractivity contribution >= 4 is 17.6 Å². The summed E-state index contributed by atoms with van der Waals surface area (Å²) < 4.78 is 2.28. The largest absolute Gasteiger partial charge is 0.356 e. The molecule has 8 nitrogen and oxygen atoms in total. The fourth-order valence-electron chi connectivity index (χ4n) is 4.07. The molecule has 1 fully saturated rings. The number of aliphatic imine (C=N–C) groups is 1. The van der Waals surface area contributed by atoms with Crippen LogP contribution in [-0.2, 0) is 24.2 Å². The van der Waals surface area contributed by atoms with Crippen molar-refractivity contribution in [1.82, 2.24) is 25.4 Å². The second-order valence-corrected chi connectivity index (χ2v) is 7.63. The molecule has 0 radical (unpaired) electrons. The standard InChI is InChI=1S/C21H29N7O/c1-22-21(23-12-11-19-26-25-18-10-6-3-7-13-27(18)19)24-16-14-20(29)28(15-16)17-8-4-2-5-9-17/h2,4-5,8-9,16H,3,6-7,10-15H2,1H3,(H2,22,23,24). The zero-order valence-corrected chi connectivity index (χ0v) is 17.0. The van der Waals surface area contributed by atoms with E-state index >= 15 is 0 Å². The molecule has 1 atom stereocenters. The Morgan fingerprint density at radius 3 is 2.90 bits per heavy atom. The predicted molar refractivity (Wildman–Crippen MR) is 113 cm³/mol. The number of rotatable bonds is 5. The Kier molecular flexibility index (Phi) is 6.07. The highest BCUT2D eigenvalue weighted by Crippen LogP contribution is 2.21. The van der Waals surface area contributed by atoms with Crippen molar-refractivity contribution in [2.45, 2.75) is 51.1 Å². The number of hydrogen-bond acceptors (Lipinski definition) is 4. The number of guanidine groups is 1. The molecule has 8 heteroatoms. The first kappa shape index (κ1) is 19.4. The van der Waals surface area contributed by atoms with Gasteiger partial charge in [0.25, 0.3) is 0 Å². The monoisotopic (exact) mass is 395 g/mol. The molecule has 2 aliphatic heterocycles. The summed E-state index contributed by atoms with van der Waals surface area (Å²) in [5.74, 6) is 3.00. The Hall–Kier alpha value is -2.90. The zero-order chi connectivity index (χ0) is 20.1. The van der Waals surface area contributed by atoms with Gasteiger partial charge in [-0.2, -0.15) is 0 Å². The van der Waals surface area contributed by atoms with E-state index in [2.05, 4.69) is 30.4 Å². The molecule has 154 valence electrons. The second kappa shape index (κ2) is 9.07. The van der Waals surface area contributed by atoms with E-state index in [4.69, 9.17) is 0 Å². The first-order valence-electron chi connectivity index (χ1n) is 10.5. The van der Waals surface area contributed by atoms with Crippen molar-refractivity contribution in [2.75, 3.05) is 25.0 Å².